The zero-order chi connectivity index (χ0) is 13.9. The smallest absolute Gasteiger partial charge is 0.351 e. The Kier molecular flexibility index (Phi) is 2.29. The molecule has 1 aromatic rings. The van der Waals surface area contributed by atoms with E-state index in [2.05, 4.69) is 0 Å². The summed E-state index contributed by atoms with van der Waals surface area (Å²) < 4.78 is 11.0. The number of fused-ring (bicyclic) bond motifs is 5. The molecular weight excluding hydrogens is 256 g/mol. The van der Waals surface area contributed by atoms with Crippen LogP contribution in [0.3, 0.4) is 0 Å². The van der Waals surface area contributed by atoms with Crippen molar-refractivity contribution in [3.05, 3.63) is 29.8 Å². The molecule has 0 bridgehead atoms. The van der Waals surface area contributed by atoms with Crippen molar-refractivity contribution in [1.29, 1.82) is 0 Å². The first-order chi connectivity index (χ1) is 9.70. The summed E-state index contributed by atoms with van der Waals surface area (Å²) in [6.07, 6.45) is 2.99. The number of esters is 1. The number of ketones is 1. The highest BCUT2D eigenvalue weighted by Gasteiger charge is 2.74. The molecule has 4 nitrogen and oxygen atoms in total. The maximum absolute atomic E-state index is 12.8. The number of ether oxygens (including phenoxy) is 2. The van der Waals surface area contributed by atoms with Gasteiger partial charge in [0.15, 0.2) is 5.78 Å². The minimum atomic E-state index is -1.07. The van der Waals surface area contributed by atoms with Crippen LogP contribution in [-0.2, 0) is 9.53 Å². The molecular formula is C16H16O4. The number of carbonyl (C=O) groups excluding carboxylic acids is 2. The Labute approximate surface area is 117 Å². The molecule has 0 spiro atoms. The molecule has 4 unspecified atom stereocenters. The molecule has 4 atom stereocenters. The standard InChI is InChI=1S/C16H16O4/c1-19-15(18)16-11-7-4-6-9(11)13(16)14(17)10-5-2-3-8-12(10)20-16/h2-3,5,8-9,11,13H,4,6-7H2,1H3. The molecule has 104 valence electrons. The summed E-state index contributed by atoms with van der Waals surface area (Å²) in [7, 11) is 1.37. The molecule has 3 aliphatic rings. The zero-order valence-electron chi connectivity index (χ0n) is 11.3. The molecule has 0 N–H and O–H groups in total. The second-order valence-electron chi connectivity index (χ2n) is 5.93. The van der Waals surface area contributed by atoms with Crippen molar-refractivity contribution in [3.63, 3.8) is 0 Å². The Morgan fingerprint density at radius 2 is 2.15 bits per heavy atom. The van der Waals surface area contributed by atoms with Gasteiger partial charge in [0, 0.05) is 5.92 Å². The van der Waals surface area contributed by atoms with Crippen molar-refractivity contribution in [2.24, 2.45) is 17.8 Å². The second kappa shape index (κ2) is 3.84. The van der Waals surface area contributed by atoms with Crippen LogP contribution in [0, 0.1) is 17.8 Å². The van der Waals surface area contributed by atoms with E-state index in [1.54, 1.807) is 12.1 Å². The van der Waals surface area contributed by atoms with Crippen molar-refractivity contribution in [2.45, 2.75) is 24.9 Å². The van der Waals surface area contributed by atoms with E-state index < -0.39 is 11.6 Å². The van der Waals surface area contributed by atoms with Crippen LogP contribution in [0.25, 0.3) is 0 Å². The van der Waals surface area contributed by atoms with Gasteiger partial charge in [-0.1, -0.05) is 18.6 Å². The van der Waals surface area contributed by atoms with Crippen LogP contribution in [0.2, 0.25) is 0 Å². The second-order valence-corrected chi connectivity index (χ2v) is 5.93. The highest BCUT2D eigenvalue weighted by Crippen LogP contribution is 2.62. The molecule has 0 aromatic heterocycles. The molecule has 0 radical (unpaired) electrons. The number of Topliss-reactive ketones (excluding diaryl/α,β-unsaturated/α-hetero) is 1. The van der Waals surface area contributed by atoms with E-state index in [9.17, 15) is 9.59 Å². The fourth-order valence-corrected chi connectivity index (χ4v) is 4.47. The van der Waals surface area contributed by atoms with Gasteiger partial charge in [-0.15, -0.1) is 0 Å². The fraction of sp³-hybridized carbons (Fsp3) is 0.500. The van der Waals surface area contributed by atoms with Crippen molar-refractivity contribution in [2.75, 3.05) is 7.11 Å². The lowest BCUT2D eigenvalue weighted by Gasteiger charge is -2.57. The Hall–Kier alpha value is -1.84. The van der Waals surface area contributed by atoms with E-state index in [1.165, 1.54) is 7.11 Å². The van der Waals surface area contributed by atoms with Gasteiger partial charge in [-0.2, -0.15) is 0 Å². The lowest BCUT2D eigenvalue weighted by Crippen LogP contribution is -2.72. The molecule has 20 heavy (non-hydrogen) atoms. The Morgan fingerprint density at radius 1 is 1.35 bits per heavy atom. The van der Waals surface area contributed by atoms with Crippen molar-refractivity contribution >= 4 is 11.8 Å². The van der Waals surface area contributed by atoms with Gasteiger partial charge >= 0.3 is 5.97 Å². The largest absolute Gasteiger partial charge is 0.474 e. The Bertz CT molecular complexity index is 608. The summed E-state index contributed by atoms with van der Waals surface area (Å²) in [5, 5.41) is 0. The SMILES string of the molecule is COC(=O)C12Oc3ccccc3C(=O)C1C1CCCC12. The minimum Gasteiger partial charge on any atom is -0.474 e. The van der Waals surface area contributed by atoms with Crippen LogP contribution < -0.4 is 4.74 Å². The molecule has 2 aliphatic carbocycles. The van der Waals surface area contributed by atoms with Gasteiger partial charge in [0.25, 0.3) is 0 Å². The normalized spacial score (nSPS) is 37.0. The minimum absolute atomic E-state index is 0.0420. The third kappa shape index (κ3) is 1.18. The Morgan fingerprint density at radius 3 is 2.95 bits per heavy atom. The molecule has 1 aromatic carbocycles. The van der Waals surface area contributed by atoms with E-state index in [4.69, 9.17) is 9.47 Å². The number of hydrogen-bond acceptors (Lipinski definition) is 4. The Balaban J connectivity index is 1.87. The van der Waals surface area contributed by atoms with Crippen molar-refractivity contribution < 1.29 is 19.1 Å². The molecule has 0 amide bonds. The molecule has 1 aliphatic heterocycles. The van der Waals surface area contributed by atoms with Crippen LogP contribution in [0.1, 0.15) is 29.6 Å². The van der Waals surface area contributed by atoms with Crippen molar-refractivity contribution in [3.8, 4) is 5.75 Å². The van der Waals surface area contributed by atoms with Crippen LogP contribution in [-0.4, -0.2) is 24.5 Å². The fourth-order valence-electron chi connectivity index (χ4n) is 4.47. The van der Waals surface area contributed by atoms with Gasteiger partial charge in [-0.05, 0) is 30.9 Å². The number of rotatable bonds is 1. The molecule has 1 heterocycles. The lowest BCUT2D eigenvalue weighted by atomic mass is 9.51. The quantitative estimate of drug-likeness (QED) is 0.736. The summed E-state index contributed by atoms with van der Waals surface area (Å²) in [5.74, 6) is 0.197. The monoisotopic (exact) mass is 272 g/mol. The average Bonchev–Trinajstić information content (AvgIpc) is 2.89. The van der Waals surface area contributed by atoms with Crippen molar-refractivity contribution in [1.82, 2.24) is 0 Å². The molecule has 4 rings (SSSR count). The van der Waals surface area contributed by atoms with Gasteiger partial charge < -0.3 is 9.47 Å². The van der Waals surface area contributed by atoms with Crippen LogP contribution >= 0.6 is 0 Å². The van der Waals surface area contributed by atoms with Crippen LogP contribution in [0.5, 0.6) is 5.75 Å². The summed E-state index contributed by atoms with van der Waals surface area (Å²) in [6, 6.07) is 7.19. The van der Waals surface area contributed by atoms with Gasteiger partial charge in [0.05, 0.1) is 18.6 Å². The van der Waals surface area contributed by atoms with Crippen LogP contribution in [0.15, 0.2) is 24.3 Å². The first-order valence-electron chi connectivity index (χ1n) is 7.11. The number of benzene rings is 1. The summed E-state index contributed by atoms with van der Waals surface area (Å²) in [6.45, 7) is 0. The predicted octanol–water partition coefficient (Wildman–Crippen LogP) is 2.22. The summed E-state index contributed by atoms with van der Waals surface area (Å²) >= 11 is 0. The van der Waals surface area contributed by atoms with E-state index in [0.29, 0.717) is 11.3 Å². The van der Waals surface area contributed by atoms with E-state index in [0.717, 1.165) is 19.3 Å². The summed E-state index contributed by atoms with van der Waals surface area (Å²) in [4.78, 5) is 25.1. The average molecular weight is 272 g/mol. The molecule has 0 saturated heterocycles. The van der Waals surface area contributed by atoms with Crippen LogP contribution in [0.4, 0.5) is 0 Å². The number of carbonyl (C=O) groups is 2. The van der Waals surface area contributed by atoms with Gasteiger partial charge in [0.1, 0.15) is 5.75 Å². The van der Waals surface area contributed by atoms with E-state index in [-0.39, 0.29) is 23.5 Å². The third-order valence-electron chi connectivity index (χ3n) is 5.23. The van der Waals surface area contributed by atoms with Gasteiger partial charge in [-0.25, -0.2) is 4.79 Å². The molecule has 4 heteroatoms. The zero-order valence-corrected chi connectivity index (χ0v) is 11.3. The topological polar surface area (TPSA) is 52.6 Å². The number of hydrogen-bond donors (Lipinski definition) is 0. The summed E-state index contributed by atoms with van der Waals surface area (Å²) in [5.41, 5.74) is -0.469. The molecule has 2 fully saturated rings. The van der Waals surface area contributed by atoms with Gasteiger partial charge in [-0.3, -0.25) is 4.79 Å². The number of para-hydroxylation sites is 1. The van der Waals surface area contributed by atoms with Gasteiger partial charge in [0.2, 0.25) is 5.60 Å². The number of methoxy groups -OCH3 is 1. The highest BCUT2D eigenvalue weighted by molar-refractivity contribution is 6.07. The first kappa shape index (κ1) is 11.9. The maximum Gasteiger partial charge on any atom is 0.351 e. The molecule has 2 saturated carbocycles. The first-order valence-corrected chi connectivity index (χ1v) is 7.11. The highest BCUT2D eigenvalue weighted by atomic mass is 16.6. The maximum atomic E-state index is 12.8. The third-order valence-corrected chi connectivity index (χ3v) is 5.23. The lowest BCUT2D eigenvalue weighted by molar-refractivity contribution is -0.199. The van der Waals surface area contributed by atoms with E-state index in [1.807, 2.05) is 12.1 Å². The predicted molar refractivity (Wildman–Crippen MR) is 70.5 cm³/mol. The van der Waals surface area contributed by atoms with E-state index >= 15 is 0 Å².